The minimum Gasteiger partial charge on any atom is -0.309 e. The molecule has 0 amide bonds. The van der Waals surface area contributed by atoms with Gasteiger partial charge >= 0.3 is 0 Å². The fraction of sp³-hybridized carbons (Fsp3) is 1.00. The van der Waals surface area contributed by atoms with E-state index < -0.39 is 0 Å². The van der Waals surface area contributed by atoms with Crippen LogP contribution >= 0.6 is 0 Å². The Balaban J connectivity index is 2.05. The molecule has 0 radical (unpaired) electrons. The first-order chi connectivity index (χ1) is 10.1. The third-order valence-electron chi connectivity index (χ3n) is 6.38. The van der Waals surface area contributed by atoms with Crippen LogP contribution in [0.5, 0.6) is 0 Å². The average molecular weight is 295 g/mol. The lowest BCUT2D eigenvalue weighted by atomic mass is 9.80. The van der Waals surface area contributed by atoms with Gasteiger partial charge in [-0.3, -0.25) is 4.90 Å². The van der Waals surface area contributed by atoms with E-state index in [0.29, 0.717) is 5.54 Å². The monoisotopic (exact) mass is 294 g/mol. The van der Waals surface area contributed by atoms with Gasteiger partial charge in [0.15, 0.2) is 0 Å². The fourth-order valence-electron chi connectivity index (χ4n) is 4.40. The van der Waals surface area contributed by atoms with Gasteiger partial charge < -0.3 is 5.32 Å². The largest absolute Gasteiger partial charge is 0.309 e. The zero-order chi connectivity index (χ0) is 15.3. The van der Waals surface area contributed by atoms with Crippen LogP contribution < -0.4 is 5.32 Å². The van der Waals surface area contributed by atoms with Gasteiger partial charge in [-0.15, -0.1) is 0 Å². The summed E-state index contributed by atoms with van der Waals surface area (Å²) in [5, 5.41) is 3.89. The smallest absolute Gasteiger partial charge is 0.0278 e. The van der Waals surface area contributed by atoms with Crippen molar-refractivity contribution < 1.29 is 0 Å². The molecule has 21 heavy (non-hydrogen) atoms. The van der Waals surface area contributed by atoms with Gasteiger partial charge in [0.05, 0.1) is 0 Å². The van der Waals surface area contributed by atoms with E-state index in [1.807, 2.05) is 0 Å². The van der Waals surface area contributed by atoms with E-state index in [9.17, 15) is 0 Å². The highest BCUT2D eigenvalue weighted by molar-refractivity contribution is 4.97. The van der Waals surface area contributed by atoms with Crippen molar-refractivity contribution in [3.8, 4) is 0 Å². The molecule has 2 rings (SSSR count). The maximum absolute atomic E-state index is 3.89. The van der Waals surface area contributed by atoms with E-state index in [4.69, 9.17) is 0 Å². The fourth-order valence-corrected chi connectivity index (χ4v) is 4.40. The summed E-state index contributed by atoms with van der Waals surface area (Å²) in [5.41, 5.74) is 0.331. The van der Waals surface area contributed by atoms with Crippen LogP contribution in [-0.4, -0.2) is 36.1 Å². The highest BCUT2D eigenvalue weighted by atomic mass is 15.3. The molecule has 124 valence electrons. The summed E-state index contributed by atoms with van der Waals surface area (Å²) < 4.78 is 0. The van der Waals surface area contributed by atoms with Gasteiger partial charge in [0.2, 0.25) is 0 Å². The molecule has 2 nitrogen and oxygen atoms in total. The second kappa shape index (κ2) is 7.97. The van der Waals surface area contributed by atoms with E-state index in [1.165, 1.54) is 71.0 Å². The van der Waals surface area contributed by atoms with Crippen molar-refractivity contribution >= 4 is 0 Å². The first-order valence-electron chi connectivity index (χ1n) is 9.61. The zero-order valence-electron chi connectivity index (χ0n) is 15.0. The molecule has 2 atom stereocenters. The lowest BCUT2D eigenvalue weighted by molar-refractivity contribution is 0.0282. The van der Waals surface area contributed by atoms with Crippen LogP contribution in [0.25, 0.3) is 0 Å². The number of rotatable bonds is 6. The summed E-state index contributed by atoms with van der Waals surface area (Å²) >= 11 is 0. The van der Waals surface area contributed by atoms with E-state index >= 15 is 0 Å². The zero-order valence-corrected chi connectivity index (χ0v) is 15.0. The SMILES string of the molecule is CCC(CC)CN1CC(C)(CC)NCC1C1CCCCC1. The normalized spacial score (nSPS) is 32.7. The van der Waals surface area contributed by atoms with Crippen LogP contribution in [0.1, 0.15) is 79.1 Å². The summed E-state index contributed by atoms with van der Waals surface area (Å²) in [4.78, 5) is 2.88. The van der Waals surface area contributed by atoms with Gasteiger partial charge in [0, 0.05) is 31.2 Å². The van der Waals surface area contributed by atoms with Crippen molar-refractivity contribution in [1.29, 1.82) is 0 Å². The topological polar surface area (TPSA) is 15.3 Å². The third-order valence-corrected chi connectivity index (χ3v) is 6.38. The summed E-state index contributed by atoms with van der Waals surface area (Å²) in [5.74, 6) is 1.83. The maximum atomic E-state index is 3.89. The Morgan fingerprint density at radius 2 is 1.76 bits per heavy atom. The predicted molar refractivity (Wildman–Crippen MR) is 92.7 cm³/mol. The summed E-state index contributed by atoms with van der Waals surface area (Å²) in [7, 11) is 0. The highest BCUT2D eigenvalue weighted by Gasteiger charge is 2.38. The van der Waals surface area contributed by atoms with E-state index in [2.05, 4.69) is 37.9 Å². The summed E-state index contributed by atoms with van der Waals surface area (Å²) in [6.45, 7) is 13.3. The number of hydrogen-bond donors (Lipinski definition) is 1. The Morgan fingerprint density at radius 3 is 2.33 bits per heavy atom. The molecule has 1 aliphatic heterocycles. The molecule has 1 aliphatic carbocycles. The van der Waals surface area contributed by atoms with Crippen LogP contribution in [-0.2, 0) is 0 Å². The molecule has 0 aromatic rings. The van der Waals surface area contributed by atoms with Gasteiger partial charge in [-0.2, -0.15) is 0 Å². The predicted octanol–water partition coefficient (Wildman–Crippen LogP) is 4.45. The van der Waals surface area contributed by atoms with E-state index in [1.54, 1.807) is 0 Å². The molecule has 0 spiro atoms. The minimum atomic E-state index is 0.331. The lowest BCUT2D eigenvalue weighted by Crippen LogP contribution is -2.65. The molecule has 2 aliphatic rings. The van der Waals surface area contributed by atoms with Crippen molar-refractivity contribution in [2.45, 2.75) is 90.6 Å². The van der Waals surface area contributed by atoms with Gasteiger partial charge in [-0.05, 0) is 38.0 Å². The van der Waals surface area contributed by atoms with Gasteiger partial charge in [-0.25, -0.2) is 0 Å². The highest BCUT2D eigenvalue weighted by Crippen LogP contribution is 2.33. The molecule has 2 unspecified atom stereocenters. The Labute approximate surface area is 133 Å². The molecule has 0 aromatic carbocycles. The van der Waals surface area contributed by atoms with Crippen LogP contribution in [0.3, 0.4) is 0 Å². The van der Waals surface area contributed by atoms with E-state index in [0.717, 1.165) is 17.9 Å². The second-order valence-electron chi connectivity index (χ2n) is 7.87. The Hall–Kier alpha value is -0.0800. The molecule has 1 saturated carbocycles. The molecule has 1 N–H and O–H groups in total. The first-order valence-corrected chi connectivity index (χ1v) is 9.61. The molecule has 2 fully saturated rings. The van der Waals surface area contributed by atoms with Crippen molar-refractivity contribution in [3.63, 3.8) is 0 Å². The van der Waals surface area contributed by atoms with Crippen LogP contribution in [0, 0.1) is 11.8 Å². The average Bonchev–Trinajstić information content (AvgIpc) is 2.53. The maximum Gasteiger partial charge on any atom is 0.0278 e. The minimum absolute atomic E-state index is 0.331. The Morgan fingerprint density at radius 1 is 1.10 bits per heavy atom. The molecular formula is C19H38N2. The molecule has 1 saturated heterocycles. The van der Waals surface area contributed by atoms with Crippen molar-refractivity contribution in [3.05, 3.63) is 0 Å². The number of hydrogen-bond acceptors (Lipinski definition) is 2. The second-order valence-corrected chi connectivity index (χ2v) is 7.87. The molecule has 2 heteroatoms. The van der Waals surface area contributed by atoms with Gasteiger partial charge in [0.1, 0.15) is 0 Å². The van der Waals surface area contributed by atoms with Crippen LogP contribution in [0.15, 0.2) is 0 Å². The molecular weight excluding hydrogens is 256 g/mol. The lowest BCUT2D eigenvalue weighted by Gasteiger charge is -2.50. The third kappa shape index (κ3) is 4.45. The number of nitrogens with zero attached hydrogens (tertiary/aromatic N) is 1. The Kier molecular flexibility index (Phi) is 6.55. The van der Waals surface area contributed by atoms with Crippen LogP contribution in [0.2, 0.25) is 0 Å². The van der Waals surface area contributed by atoms with Gasteiger partial charge in [0.25, 0.3) is 0 Å². The Bertz CT molecular complexity index is 294. The van der Waals surface area contributed by atoms with Gasteiger partial charge in [-0.1, -0.05) is 52.9 Å². The molecule has 1 heterocycles. The van der Waals surface area contributed by atoms with Crippen LogP contribution in [0.4, 0.5) is 0 Å². The quantitative estimate of drug-likeness (QED) is 0.779. The summed E-state index contributed by atoms with van der Waals surface area (Å²) in [6, 6.07) is 0.797. The van der Waals surface area contributed by atoms with Crippen molar-refractivity contribution in [1.82, 2.24) is 10.2 Å². The number of nitrogens with one attached hydrogen (secondary N) is 1. The van der Waals surface area contributed by atoms with Crippen molar-refractivity contribution in [2.75, 3.05) is 19.6 Å². The standard InChI is InChI=1S/C19H38N2/c1-5-16(6-2)14-21-15-19(4,7-3)20-13-18(21)17-11-9-8-10-12-17/h16-18,20H,5-15H2,1-4H3. The number of piperazine rings is 1. The molecule has 0 bridgehead atoms. The van der Waals surface area contributed by atoms with Crippen molar-refractivity contribution in [2.24, 2.45) is 11.8 Å². The molecule has 0 aromatic heterocycles. The first kappa shape index (κ1) is 17.3. The summed E-state index contributed by atoms with van der Waals surface area (Å²) in [6.07, 6.45) is 11.2. The van der Waals surface area contributed by atoms with E-state index in [-0.39, 0.29) is 0 Å².